The van der Waals surface area contributed by atoms with Crippen LogP contribution in [0.15, 0.2) is 6.07 Å². The molecule has 17 heavy (non-hydrogen) atoms. The molecule has 2 N–H and O–H groups in total. The number of halogens is 1. The Morgan fingerprint density at radius 3 is 2.41 bits per heavy atom. The fourth-order valence-electron chi connectivity index (χ4n) is 1.86. The van der Waals surface area contributed by atoms with Crippen LogP contribution in [0.1, 0.15) is 55.2 Å². The zero-order valence-electron chi connectivity index (χ0n) is 10.7. The van der Waals surface area contributed by atoms with Gasteiger partial charge in [0.15, 0.2) is 0 Å². The number of hydrogen-bond acceptors (Lipinski definition) is 2. The number of nitrogens with zero attached hydrogens (tertiary/aromatic N) is 1. The van der Waals surface area contributed by atoms with E-state index in [4.69, 9.17) is 17.3 Å². The molecule has 1 aromatic rings. The first kappa shape index (κ1) is 14.0. The number of aromatic nitrogens is 1. The van der Waals surface area contributed by atoms with Crippen LogP contribution in [0.25, 0.3) is 0 Å². The van der Waals surface area contributed by atoms with Crippen molar-refractivity contribution in [1.29, 1.82) is 0 Å². The molecule has 0 spiro atoms. The summed E-state index contributed by atoms with van der Waals surface area (Å²) in [5.74, 6) is 0.177. The van der Waals surface area contributed by atoms with E-state index in [-0.39, 0.29) is 5.92 Å². The van der Waals surface area contributed by atoms with Crippen LogP contribution in [-0.4, -0.2) is 10.9 Å². The number of primary amides is 1. The van der Waals surface area contributed by atoms with E-state index in [0.29, 0.717) is 28.7 Å². The minimum Gasteiger partial charge on any atom is -0.366 e. The average molecular weight is 255 g/mol. The lowest BCUT2D eigenvalue weighted by Gasteiger charge is -2.16. The van der Waals surface area contributed by atoms with Gasteiger partial charge < -0.3 is 5.73 Å². The van der Waals surface area contributed by atoms with Gasteiger partial charge in [-0.25, -0.2) is 4.98 Å². The number of nitrogens with two attached hydrogens (primary N) is 1. The van der Waals surface area contributed by atoms with Crippen LogP contribution in [0.2, 0.25) is 5.15 Å². The minimum absolute atomic E-state index is 0.198. The maximum Gasteiger partial charge on any atom is 0.250 e. The van der Waals surface area contributed by atoms with Crippen molar-refractivity contribution < 1.29 is 4.79 Å². The summed E-state index contributed by atoms with van der Waals surface area (Å²) in [6.07, 6.45) is 0.707. The topological polar surface area (TPSA) is 56.0 Å². The fourth-order valence-corrected chi connectivity index (χ4v) is 2.08. The number of pyridine rings is 1. The van der Waals surface area contributed by atoms with Crippen LogP contribution in [0.4, 0.5) is 0 Å². The SMILES string of the molecule is CC(C)Cc1nc(Cl)cc(C(C)C)c1C(N)=O. The van der Waals surface area contributed by atoms with Gasteiger partial charge in [0.1, 0.15) is 5.15 Å². The lowest BCUT2D eigenvalue weighted by molar-refractivity contribution is 0.0997. The summed E-state index contributed by atoms with van der Waals surface area (Å²) in [6, 6.07) is 1.73. The van der Waals surface area contributed by atoms with Gasteiger partial charge in [0.2, 0.25) is 0 Å². The molecule has 0 aliphatic heterocycles. The van der Waals surface area contributed by atoms with Crippen molar-refractivity contribution in [2.75, 3.05) is 0 Å². The van der Waals surface area contributed by atoms with Crippen molar-refractivity contribution in [1.82, 2.24) is 4.98 Å². The molecule has 0 fully saturated rings. The first-order chi connectivity index (χ1) is 7.82. The summed E-state index contributed by atoms with van der Waals surface area (Å²) >= 11 is 5.99. The van der Waals surface area contributed by atoms with Gasteiger partial charge in [0.05, 0.1) is 11.3 Å². The van der Waals surface area contributed by atoms with Crippen LogP contribution < -0.4 is 5.73 Å². The third kappa shape index (κ3) is 3.43. The number of rotatable bonds is 4. The van der Waals surface area contributed by atoms with E-state index in [2.05, 4.69) is 18.8 Å². The number of amides is 1. The number of carbonyl (C=O) groups is 1. The minimum atomic E-state index is -0.423. The average Bonchev–Trinajstić information content (AvgIpc) is 2.14. The summed E-state index contributed by atoms with van der Waals surface area (Å²) in [4.78, 5) is 15.8. The molecular formula is C13H19ClN2O. The number of carbonyl (C=O) groups excluding carboxylic acids is 1. The van der Waals surface area contributed by atoms with Gasteiger partial charge >= 0.3 is 0 Å². The van der Waals surface area contributed by atoms with Gasteiger partial charge in [0.25, 0.3) is 5.91 Å². The molecule has 1 rings (SSSR count). The standard InChI is InChI=1S/C13H19ClN2O/c1-7(2)5-10-12(13(15)17)9(8(3)4)6-11(14)16-10/h6-8H,5H2,1-4H3,(H2,15,17). The van der Waals surface area contributed by atoms with Crippen molar-refractivity contribution in [2.45, 2.75) is 40.0 Å². The van der Waals surface area contributed by atoms with Gasteiger partial charge in [0, 0.05) is 0 Å². The normalized spacial score (nSPS) is 11.2. The highest BCUT2D eigenvalue weighted by Gasteiger charge is 2.19. The van der Waals surface area contributed by atoms with Crippen LogP contribution in [0.3, 0.4) is 0 Å². The molecule has 1 aromatic heterocycles. The van der Waals surface area contributed by atoms with Crippen molar-refractivity contribution in [3.05, 3.63) is 28.0 Å². The maximum absolute atomic E-state index is 11.6. The van der Waals surface area contributed by atoms with E-state index in [0.717, 1.165) is 5.56 Å². The molecule has 0 radical (unpaired) electrons. The fraction of sp³-hybridized carbons (Fsp3) is 0.538. The van der Waals surface area contributed by atoms with Crippen LogP contribution in [0.5, 0.6) is 0 Å². The van der Waals surface area contributed by atoms with Crippen LogP contribution in [-0.2, 0) is 6.42 Å². The van der Waals surface area contributed by atoms with Crippen LogP contribution in [0, 0.1) is 5.92 Å². The van der Waals surface area contributed by atoms with E-state index >= 15 is 0 Å². The second kappa shape index (κ2) is 5.50. The molecule has 1 amide bonds. The highest BCUT2D eigenvalue weighted by atomic mass is 35.5. The summed E-state index contributed by atoms with van der Waals surface area (Å²) in [6.45, 7) is 8.17. The van der Waals surface area contributed by atoms with Gasteiger partial charge in [-0.05, 0) is 29.9 Å². The Hall–Kier alpha value is -1.09. The third-order valence-electron chi connectivity index (χ3n) is 2.56. The Bertz CT molecular complexity index is 428. The molecule has 0 saturated heterocycles. The molecule has 3 nitrogen and oxygen atoms in total. The Kier molecular flexibility index (Phi) is 4.52. The van der Waals surface area contributed by atoms with Gasteiger partial charge in [-0.3, -0.25) is 4.79 Å². The van der Waals surface area contributed by atoms with Crippen LogP contribution >= 0.6 is 11.6 Å². The van der Waals surface area contributed by atoms with Gasteiger partial charge in [-0.1, -0.05) is 39.3 Å². The molecule has 0 saturated carbocycles. The highest BCUT2D eigenvalue weighted by Crippen LogP contribution is 2.26. The molecule has 1 heterocycles. The second-order valence-corrected chi connectivity index (χ2v) is 5.36. The van der Waals surface area contributed by atoms with Crippen molar-refractivity contribution in [2.24, 2.45) is 11.7 Å². The maximum atomic E-state index is 11.6. The predicted molar refractivity (Wildman–Crippen MR) is 70.4 cm³/mol. The Morgan fingerprint density at radius 1 is 1.41 bits per heavy atom. The summed E-state index contributed by atoms with van der Waals surface area (Å²) in [5.41, 5.74) is 7.59. The Balaban J connectivity index is 3.40. The van der Waals surface area contributed by atoms with E-state index in [1.54, 1.807) is 6.07 Å². The molecule has 4 heteroatoms. The summed E-state index contributed by atoms with van der Waals surface area (Å²) in [5, 5.41) is 0.425. The van der Waals surface area contributed by atoms with E-state index in [1.165, 1.54) is 0 Å². The van der Waals surface area contributed by atoms with E-state index in [9.17, 15) is 4.79 Å². The molecule has 0 aromatic carbocycles. The first-order valence-electron chi connectivity index (χ1n) is 5.82. The van der Waals surface area contributed by atoms with E-state index in [1.807, 2.05) is 13.8 Å². The number of hydrogen-bond donors (Lipinski definition) is 1. The largest absolute Gasteiger partial charge is 0.366 e. The molecule has 0 aliphatic rings. The molecule has 0 unspecified atom stereocenters. The van der Waals surface area contributed by atoms with Crippen molar-refractivity contribution in [3.63, 3.8) is 0 Å². The molecule has 0 atom stereocenters. The summed E-state index contributed by atoms with van der Waals surface area (Å²) in [7, 11) is 0. The predicted octanol–water partition coefficient (Wildman–Crippen LogP) is 3.16. The first-order valence-corrected chi connectivity index (χ1v) is 6.19. The Labute approximate surface area is 107 Å². The zero-order valence-corrected chi connectivity index (χ0v) is 11.5. The quantitative estimate of drug-likeness (QED) is 0.839. The van der Waals surface area contributed by atoms with Crippen molar-refractivity contribution >= 4 is 17.5 Å². The molecule has 0 bridgehead atoms. The zero-order chi connectivity index (χ0) is 13.2. The lowest BCUT2D eigenvalue weighted by atomic mass is 9.93. The monoisotopic (exact) mass is 254 g/mol. The van der Waals surface area contributed by atoms with Gasteiger partial charge in [-0.2, -0.15) is 0 Å². The van der Waals surface area contributed by atoms with Gasteiger partial charge in [-0.15, -0.1) is 0 Å². The Morgan fingerprint density at radius 2 is 2.00 bits per heavy atom. The molecule has 0 aliphatic carbocycles. The molecular weight excluding hydrogens is 236 g/mol. The summed E-state index contributed by atoms with van der Waals surface area (Å²) < 4.78 is 0. The smallest absolute Gasteiger partial charge is 0.250 e. The van der Waals surface area contributed by atoms with E-state index < -0.39 is 5.91 Å². The molecule has 94 valence electrons. The van der Waals surface area contributed by atoms with Crippen molar-refractivity contribution in [3.8, 4) is 0 Å². The third-order valence-corrected chi connectivity index (χ3v) is 2.76. The lowest BCUT2D eigenvalue weighted by Crippen LogP contribution is -2.19. The highest BCUT2D eigenvalue weighted by molar-refractivity contribution is 6.29. The second-order valence-electron chi connectivity index (χ2n) is 4.97.